The second-order valence-corrected chi connectivity index (χ2v) is 9.34. The predicted molar refractivity (Wildman–Crippen MR) is 109 cm³/mol. The van der Waals surface area contributed by atoms with Crippen LogP contribution in [-0.4, -0.2) is 58.5 Å². The van der Waals surface area contributed by atoms with E-state index in [0.29, 0.717) is 10.6 Å². The smallest absolute Gasteiger partial charge is 0.424 e. The van der Waals surface area contributed by atoms with E-state index in [0.717, 1.165) is 0 Å². The molecule has 0 aliphatic heterocycles. The maximum Gasteiger partial charge on any atom is 0.437 e. The third kappa shape index (κ3) is 5.07. The summed E-state index contributed by atoms with van der Waals surface area (Å²) >= 11 is 5.98. The highest BCUT2D eigenvalue weighted by atomic mass is 35.5. The van der Waals surface area contributed by atoms with Crippen LogP contribution < -0.4 is 16.4 Å². The average molecular weight is 531 g/mol. The third-order valence-electron chi connectivity index (χ3n) is 6.27. The monoisotopic (exact) mass is 530 g/mol. The van der Waals surface area contributed by atoms with Gasteiger partial charge in [-0.25, -0.2) is 9.59 Å². The number of carbonyl (C=O) groups is 3. The summed E-state index contributed by atoms with van der Waals surface area (Å²) in [5.74, 6) is -0.527. The predicted octanol–water partition coefficient (Wildman–Crippen LogP) is 3.62. The van der Waals surface area contributed by atoms with Gasteiger partial charge in [0.1, 0.15) is 0 Å². The molecule has 0 aromatic heterocycles. The SMILES string of the molecule is CC(OC(=O)NC12CC(N(Cc3cccc(Cl)c3)C(=O)CNC(N)=O)(C1)C2)(C(F)(F)F)C(F)(F)F. The van der Waals surface area contributed by atoms with Gasteiger partial charge in [-0.2, -0.15) is 26.3 Å². The molecule has 15 heteroatoms. The van der Waals surface area contributed by atoms with Gasteiger partial charge in [0.15, 0.2) is 0 Å². The molecule has 3 saturated carbocycles. The highest BCUT2D eigenvalue weighted by Crippen LogP contribution is 2.64. The van der Waals surface area contributed by atoms with Crippen LogP contribution in [0.2, 0.25) is 5.02 Å². The van der Waals surface area contributed by atoms with Crippen molar-refractivity contribution in [3.8, 4) is 0 Å². The van der Waals surface area contributed by atoms with Gasteiger partial charge in [-0.3, -0.25) is 4.79 Å². The van der Waals surface area contributed by atoms with Gasteiger partial charge in [0.2, 0.25) is 5.91 Å². The first-order valence-electron chi connectivity index (χ1n) is 10.1. The van der Waals surface area contributed by atoms with Crippen molar-refractivity contribution < 1.29 is 45.5 Å². The summed E-state index contributed by atoms with van der Waals surface area (Å²) in [6.45, 7) is -0.649. The van der Waals surface area contributed by atoms with Crippen molar-refractivity contribution in [3.05, 3.63) is 34.9 Å². The Hall–Kier alpha value is -2.90. The quantitative estimate of drug-likeness (QED) is 0.467. The molecule has 0 saturated heterocycles. The molecular weight excluding hydrogens is 510 g/mol. The number of hydrogen-bond acceptors (Lipinski definition) is 4. The second kappa shape index (κ2) is 8.64. The van der Waals surface area contributed by atoms with Gasteiger partial charge in [0.05, 0.1) is 17.6 Å². The lowest BCUT2D eigenvalue weighted by Crippen LogP contribution is -2.84. The van der Waals surface area contributed by atoms with Crippen LogP contribution in [-0.2, 0) is 16.1 Å². The average Bonchev–Trinajstić information content (AvgIpc) is 2.64. The largest absolute Gasteiger partial charge is 0.437 e. The molecule has 194 valence electrons. The van der Waals surface area contributed by atoms with Gasteiger partial charge in [-0.05, 0) is 43.9 Å². The number of alkyl halides is 6. The molecule has 35 heavy (non-hydrogen) atoms. The van der Waals surface area contributed by atoms with Crippen molar-refractivity contribution >= 4 is 29.6 Å². The molecule has 4 N–H and O–H groups in total. The van der Waals surface area contributed by atoms with Crippen molar-refractivity contribution in [2.45, 2.75) is 61.8 Å². The van der Waals surface area contributed by atoms with E-state index in [-0.39, 0.29) is 32.7 Å². The number of primary amides is 1. The van der Waals surface area contributed by atoms with Crippen LogP contribution in [0.1, 0.15) is 31.7 Å². The Morgan fingerprint density at radius 2 is 1.69 bits per heavy atom. The third-order valence-corrected chi connectivity index (χ3v) is 6.50. The summed E-state index contributed by atoms with van der Waals surface area (Å²) in [6, 6.07) is 5.64. The zero-order valence-electron chi connectivity index (χ0n) is 18.1. The van der Waals surface area contributed by atoms with E-state index in [2.05, 4.69) is 15.4 Å². The number of nitrogens with two attached hydrogens (primary N) is 1. The minimum absolute atomic E-state index is 0.0561. The van der Waals surface area contributed by atoms with Crippen LogP contribution in [0.25, 0.3) is 0 Å². The van der Waals surface area contributed by atoms with E-state index >= 15 is 0 Å². The Kier molecular flexibility index (Phi) is 6.59. The number of amides is 4. The summed E-state index contributed by atoms with van der Waals surface area (Å²) in [4.78, 5) is 37.2. The Balaban J connectivity index is 1.70. The number of hydrogen-bond donors (Lipinski definition) is 3. The summed E-state index contributed by atoms with van der Waals surface area (Å²) in [5, 5.41) is 4.67. The molecule has 0 spiro atoms. The number of benzene rings is 1. The lowest BCUT2D eigenvalue weighted by atomic mass is 9.43. The van der Waals surface area contributed by atoms with Crippen LogP contribution in [0.5, 0.6) is 0 Å². The van der Waals surface area contributed by atoms with Crippen LogP contribution in [0.15, 0.2) is 24.3 Å². The normalized spacial score (nSPS) is 23.4. The molecule has 0 radical (unpaired) electrons. The number of alkyl carbamates (subject to hydrolysis) is 1. The molecular formula is C20H21ClF6N4O4. The first-order chi connectivity index (χ1) is 15.9. The first kappa shape index (κ1) is 26.7. The van der Waals surface area contributed by atoms with E-state index < -0.39 is 53.6 Å². The molecule has 4 amide bonds. The standard InChI is InChI=1S/C20H21ClF6N4O4/c1-16(19(22,23)24,20(25,26)27)35-15(34)30-17-8-18(9-17,10-17)31(13(32)6-29-14(28)33)7-11-3-2-4-12(21)5-11/h2-5H,6-10H2,1H3,(H,30,34)(H3,28,29,33). The summed E-state index contributed by atoms with van der Waals surface area (Å²) < 4.78 is 81.8. The minimum atomic E-state index is -5.89. The molecule has 3 aliphatic rings. The molecule has 8 nitrogen and oxygen atoms in total. The minimum Gasteiger partial charge on any atom is -0.424 e. The number of ether oxygens (including phenoxy) is 1. The van der Waals surface area contributed by atoms with Crippen LogP contribution in [0, 0.1) is 0 Å². The van der Waals surface area contributed by atoms with Gasteiger partial charge in [0, 0.05) is 11.6 Å². The number of nitrogens with one attached hydrogen (secondary N) is 2. The van der Waals surface area contributed by atoms with Crippen molar-refractivity contribution in [2.75, 3.05) is 6.54 Å². The fourth-order valence-electron chi connectivity index (χ4n) is 4.45. The maximum atomic E-state index is 13.0. The Morgan fingerprint density at radius 1 is 1.11 bits per heavy atom. The number of rotatable bonds is 7. The molecule has 1 aromatic rings. The van der Waals surface area contributed by atoms with E-state index in [4.69, 9.17) is 17.3 Å². The summed E-state index contributed by atoms with van der Waals surface area (Å²) in [5.41, 5.74) is -1.00. The molecule has 2 bridgehead atoms. The number of halogens is 7. The lowest BCUT2D eigenvalue weighted by molar-refractivity contribution is -0.358. The molecule has 0 heterocycles. The number of urea groups is 1. The van der Waals surface area contributed by atoms with E-state index in [1.807, 2.05) is 0 Å². The lowest BCUT2D eigenvalue weighted by Gasteiger charge is -2.73. The molecule has 3 fully saturated rings. The van der Waals surface area contributed by atoms with Crippen molar-refractivity contribution in [3.63, 3.8) is 0 Å². The zero-order chi connectivity index (χ0) is 26.4. The molecule has 0 unspecified atom stereocenters. The molecule has 1 aromatic carbocycles. The summed E-state index contributed by atoms with van der Waals surface area (Å²) in [7, 11) is 0. The first-order valence-corrected chi connectivity index (χ1v) is 10.5. The van der Waals surface area contributed by atoms with E-state index in [1.165, 1.54) is 4.90 Å². The van der Waals surface area contributed by atoms with Gasteiger partial charge >= 0.3 is 24.5 Å². The van der Waals surface area contributed by atoms with Gasteiger partial charge in [0.25, 0.3) is 5.60 Å². The summed E-state index contributed by atoms with van der Waals surface area (Å²) in [6.07, 6.45) is -13.5. The van der Waals surface area contributed by atoms with Crippen molar-refractivity contribution in [1.29, 1.82) is 0 Å². The van der Waals surface area contributed by atoms with Gasteiger partial charge < -0.3 is 26.0 Å². The highest BCUT2D eigenvalue weighted by Gasteiger charge is 2.74. The number of nitrogens with zero attached hydrogens (tertiary/aromatic N) is 1. The fraction of sp³-hybridized carbons (Fsp3) is 0.550. The Bertz CT molecular complexity index is 998. The van der Waals surface area contributed by atoms with Crippen LogP contribution >= 0.6 is 11.6 Å². The van der Waals surface area contributed by atoms with Crippen molar-refractivity contribution in [2.24, 2.45) is 5.73 Å². The molecule has 0 atom stereocenters. The number of carbonyl (C=O) groups excluding carboxylic acids is 3. The van der Waals surface area contributed by atoms with Crippen LogP contribution in [0.4, 0.5) is 35.9 Å². The van der Waals surface area contributed by atoms with E-state index in [1.54, 1.807) is 24.3 Å². The Morgan fingerprint density at radius 3 is 2.17 bits per heavy atom. The van der Waals surface area contributed by atoms with Gasteiger partial charge in [-0.15, -0.1) is 0 Å². The van der Waals surface area contributed by atoms with Gasteiger partial charge in [-0.1, -0.05) is 23.7 Å². The maximum absolute atomic E-state index is 13.0. The topological polar surface area (TPSA) is 114 Å². The van der Waals surface area contributed by atoms with E-state index in [9.17, 15) is 40.7 Å². The Labute approximate surface area is 200 Å². The highest BCUT2D eigenvalue weighted by molar-refractivity contribution is 6.30. The van der Waals surface area contributed by atoms with Crippen molar-refractivity contribution in [1.82, 2.24) is 15.5 Å². The molecule has 4 rings (SSSR count). The zero-order valence-corrected chi connectivity index (χ0v) is 18.9. The molecule has 3 aliphatic carbocycles. The van der Waals surface area contributed by atoms with Crippen LogP contribution in [0.3, 0.4) is 0 Å². The second-order valence-electron chi connectivity index (χ2n) is 8.91. The fourth-order valence-corrected chi connectivity index (χ4v) is 4.67.